The molecule has 6 fully saturated rings. The number of nitrogens with one attached hydrogen (secondary N) is 6. The predicted octanol–water partition coefficient (Wildman–Crippen LogP) is 0.887. The molecule has 0 aromatic carbocycles. The van der Waals surface area contributed by atoms with Crippen LogP contribution in [0.25, 0.3) is 0 Å². The summed E-state index contributed by atoms with van der Waals surface area (Å²) >= 11 is 0. The van der Waals surface area contributed by atoms with Crippen molar-refractivity contribution >= 4 is 5.96 Å². The van der Waals surface area contributed by atoms with Crippen molar-refractivity contribution in [3.05, 3.63) is 0 Å². The molecule has 4 saturated heterocycles. The molecule has 0 aromatic heterocycles. The van der Waals surface area contributed by atoms with E-state index in [1.165, 1.54) is 12.8 Å². The molecule has 6 N–H and O–H groups in total. The molecule has 2 saturated carbocycles. The molecular weight excluding hydrogens is 523 g/mol. The van der Waals surface area contributed by atoms with Gasteiger partial charge < -0.3 is 19.9 Å². The topological polar surface area (TPSA) is 103 Å². The number of methoxy groups -OCH3 is 1. The van der Waals surface area contributed by atoms with Gasteiger partial charge in [-0.15, -0.1) is 0 Å². The number of fused-ring (bicyclic) bond motifs is 1. The quantitative estimate of drug-likeness (QED) is 0.278. The van der Waals surface area contributed by atoms with Gasteiger partial charge in [-0.1, -0.05) is 0 Å². The molecule has 228 valence electrons. The van der Waals surface area contributed by atoms with E-state index in [1.807, 2.05) is 11.9 Å². The Morgan fingerprint density at radius 1 is 0.950 bits per heavy atom. The van der Waals surface area contributed by atoms with Crippen LogP contribution in [0.3, 0.4) is 0 Å². The third-order valence-corrected chi connectivity index (χ3v) is 10.9. The summed E-state index contributed by atoms with van der Waals surface area (Å²) in [6.07, 6.45) is 1.84. The van der Waals surface area contributed by atoms with Crippen LogP contribution in [0.1, 0.15) is 45.4 Å². The third-order valence-electron chi connectivity index (χ3n) is 10.9. The van der Waals surface area contributed by atoms with Crippen LogP contribution in [0.2, 0.25) is 0 Å². The van der Waals surface area contributed by atoms with Crippen molar-refractivity contribution in [2.24, 2.45) is 23.7 Å². The molecule has 0 radical (unpaired) electrons. The molecule has 4 heterocycles. The van der Waals surface area contributed by atoms with Gasteiger partial charge in [0.1, 0.15) is 18.4 Å². The SMILES string of the molecule is COC1NCNC(C2CC2)C1C1NCC2C(N1)N([C@@H](C)C1CCC(C3NC(C(F)(F)F)CN3C)CC1)C(=N)N2C. The number of likely N-dealkylation sites (N-methyl/N-ethyl adjacent to an activating group) is 2. The minimum atomic E-state index is -4.21. The molecule has 0 amide bonds. The first-order valence-corrected chi connectivity index (χ1v) is 15.2. The number of alkyl halides is 3. The summed E-state index contributed by atoms with van der Waals surface area (Å²) in [5.74, 6) is 2.06. The van der Waals surface area contributed by atoms with E-state index in [9.17, 15) is 13.2 Å². The van der Waals surface area contributed by atoms with Crippen LogP contribution < -0.4 is 26.6 Å². The van der Waals surface area contributed by atoms with Gasteiger partial charge in [0.05, 0.1) is 18.4 Å². The highest BCUT2D eigenvalue weighted by molar-refractivity contribution is 5.80. The average Bonchev–Trinajstić information content (AvgIpc) is 3.67. The van der Waals surface area contributed by atoms with Gasteiger partial charge in [-0.2, -0.15) is 13.2 Å². The molecule has 13 heteroatoms. The highest BCUT2D eigenvalue weighted by Crippen LogP contribution is 2.41. The molecule has 8 unspecified atom stereocenters. The standard InChI is InChI=1S/C27H48F3N9O/c1-14(15-5-9-17(10-6-15)23-35-19(12-37(23)2)27(28,29)30)39-24-18(38(3)26(39)31)11-32-22(36-24)20-21(16-7-8-16)33-13-34-25(20)40-4/h14-25,31-36H,5-13H2,1-4H3/t14-,15?,17?,18?,19?,20?,21?,22?,23?,24?,25?/m0/s1. The first-order chi connectivity index (χ1) is 19.1. The second kappa shape index (κ2) is 11.1. The van der Waals surface area contributed by atoms with Gasteiger partial charge in [0.15, 0.2) is 5.96 Å². The number of rotatable bonds is 6. The Hall–Kier alpha value is -1.22. The number of guanidine groups is 1. The maximum absolute atomic E-state index is 13.3. The first kappa shape index (κ1) is 28.9. The van der Waals surface area contributed by atoms with E-state index in [1.54, 1.807) is 14.2 Å². The summed E-state index contributed by atoms with van der Waals surface area (Å²) in [6.45, 7) is 3.80. The lowest BCUT2D eigenvalue weighted by molar-refractivity contribution is -0.150. The fourth-order valence-electron chi connectivity index (χ4n) is 8.44. The Kier molecular flexibility index (Phi) is 8.03. The Morgan fingerprint density at radius 3 is 2.27 bits per heavy atom. The Bertz CT molecular complexity index is 914. The Morgan fingerprint density at radius 2 is 1.65 bits per heavy atom. The highest BCUT2D eigenvalue weighted by Gasteiger charge is 2.53. The molecule has 10 nitrogen and oxygen atoms in total. The van der Waals surface area contributed by atoms with Crippen LogP contribution in [-0.4, -0.2) is 117 Å². The van der Waals surface area contributed by atoms with Crippen LogP contribution in [0.4, 0.5) is 13.2 Å². The second-order valence-electron chi connectivity index (χ2n) is 13.1. The lowest BCUT2D eigenvalue weighted by Gasteiger charge is -2.49. The van der Waals surface area contributed by atoms with Crippen molar-refractivity contribution in [1.29, 1.82) is 5.41 Å². The van der Waals surface area contributed by atoms with E-state index in [0.717, 1.165) is 38.9 Å². The summed E-state index contributed by atoms with van der Waals surface area (Å²) in [7, 11) is 5.59. The first-order valence-electron chi connectivity index (χ1n) is 15.2. The number of ether oxygens (including phenoxy) is 1. The van der Waals surface area contributed by atoms with Gasteiger partial charge in [-0.3, -0.25) is 31.6 Å². The molecule has 2 aliphatic carbocycles. The van der Waals surface area contributed by atoms with Gasteiger partial charge in [0, 0.05) is 51.9 Å². The molecule has 0 bridgehead atoms. The summed E-state index contributed by atoms with van der Waals surface area (Å²) < 4.78 is 45.9. The fourth-order valence-corrected chi connectivity index (χ4v) is 8.44. The summed E-state index contributed by atoms with van der Waals surface area (Å²) in [5, 5.41) is 26.8. The van der Waals surface area contributed by atoms with Crippen LogP contribution in [0.5, 0.6) is 0 Å². The van der Waals surface area contributed by atoms with Crippen molar-refractivity contribution < 1.29 is 17.9 Å². The monoisotopic (exact) mass is 571 g/mol. The molecule has 6 aliphatic rings. The van der Waals surface area contributed by atoms with Crippen molar-refractivity contribution in [2.45, 2.75) is 101 Å². The van der Waals surface area contributed by atoms with Gasteiger partial charge >= 0.3 is 6.18 Å². The smallest absolute Gasteiger partial charge is 0.366 e. The molecule has 4 aliphatic heterocycles. The van der Waals surface area contributed by atoms with Gasteiger partial charge in [-0.05, 0) is 70.3 Å². The third kappa shape index (κ3) is 5.24. The van der Waals surface area contributed by atoms with Crippen molar-refractivity contribution in [2.75, 3.05) is 41.0 Å². The van der Waals surface area contributed by atoms with Gasteiger partial charge in [-0.25, -0.2) is 0 Å². The predicted molar refractivity (Wildman–Crippen MR) is 146 cm³/mol. The zero-order valence-electron chi connectivity index (χ0n) is 24.2. The number of hydrogen-bond acceptors (Lipinski definition) is 8. The molecule has 9 atom stereocenters. The van der Waals surface area contributed by atoms with Gasteiger partial charge in [0.2, 0.25) is 0 Å². The Labute approximate surface area is 236 Å². The molecule has 6 rings (SSSR count). The maximum Gasteiger partial charge on any atom is 0.405 e. The van der Waals surface area contributed by atoms with E-state index in [-0.39, 0.29) is 55.2 Å². The lowest BCUT2D eigenvalue weighted by Crippen LogP contribution is -2.73. The molecule has 40 heavy (non-hydrogen) atoms. The zero-order chi connectivity index (χ0) is 28.3. The number of nitrogens with zero attached hydrogens (tertiary/aromatic N) is 3. The highest BCUT2D eigenvalue weighted by atomic mass is 19.4. The van der Waals surface area contributed by atoms with E-state index in [2.05, 4.69) is 43.3 Å². The van der Waals surface area contributed by atoms with Crippen LogP contribution in [0, 0.1) is 29.1 Å². The molecule has 0 aromatic rings. The molecular formula is C27H48F3N9O. The maximum atomic E-state index is 13.3. The average molecular weight is 572 g/mol. The Balaban J connectivity index is 1.11. The molecule has 0 spiro atoms. The second-order valence-corrected chi connectivity index (χ2v) is 13.1. The fraction of sp³-hybridized carbons (Fsp3) is 0.963. The van der Waals surface area contributed by atoms with Crippen molar-refractivity contribution in [1.82, 2.24) is 41.3 Å². The number of hydrogen-bond donors (Lipinski definition) is 6. The number of halogens is 3. The van der Waals surface area contributed by atoms with Crippen molar-refractivity contribution in [3.63, 3.8) is 0 Å². The van der Waals surface area contributed by atoms with Crippen molar-refractivity contribution in [3.8, 4) is 0 Å². The van der Waals surface area contributed by atoms with E-state index < -0.39 is 12.2 Å². The minimum absolute atomic E-state index is 0.0171. The van der Waals surface area contributed by atoms with Crippen LogP contribution in [0.15, 0.2) is 0 Å². The summed E-state index contributed by atoms with van der Waals surface area (Å²) in [4.78, 5) is 6.21. The largest absolute Gasteiger partial charge is 0.405 e. The summed E-state index contributed by atoms with van der Waals surface area (Å²) in [5.41, 5.74) is 0. The van der Waals surface area contributed by atoms with E-state index in [0.29, 0.717) is 23.8 Å². The normalized spacial score (nSPS) is 44.2. The lowest BCUT2D eigenvalue weighted by atomic mass is 9.77. The van der Waals surface area contributed by atoms with E-state index >= 15 is 0 Å². The zero-order valence-corrected chi connectivity index (χ0v) is 24.2. The van der Waals surface area contributed by atoms with Crippen LogP contribution >= 0.6 is 0 Å². The van der Waals surface area contributed by atoms with E-state index in [4.69, 9.17) is 10.1 Å². The summed E-state index contributed by atoms with van der Waals surface area (Å²) in [6, 6.07) is -0.744. The minimum Gasteiger partial charge on any atom is -0.366 e. The van der Waals surface area contributed by atoms with Gasteiger partial charge in [0.25, 0.3) is 0 Å². The van der Waals surface area contributed by atoms with Crippen LogP contribution in [-0.2, 0) is 4.74 Å².